The van der Waals surface area contributed by atoms with Crippen molar-refractivity contribution >= 4 is 5.91 Å². The van der Waals surface area contributed by atoms with Gasteiger partial charge in [0.05, 0.1) is 33.4 Å². The van der Waals surface area contributed by atoms with Gasteiger partial charge in [-0.3, -0.25) is 9.78 Å². The predicted molar refractivity (Wildman–Crippen MR) is 136 cm³/mol. The second kappa shape index (κ2) is 10.8. The first-order valence-corrected chi connectivity index (χ1v) is 12.2. The standard InChI is InChI=1S/C28H30N2O8/c1-34-22-7-16(8-23(35-2)27(22)36-3)24-17-9-20-21(38-14-37-20)10-18(17)26(32)19(13-31)25(24)28(33)30-12-15-5-4-6-29-11-15/h4-11,19,24-26,31-32H,12-14H2,1-3H3,(H,30,33)/t19-,24+,25-,26-/m0/s1. The summed E-state index contributed by atoms with van der Waals surface area (Å²) < 4.78 is 27.9. The molecule has 0 saturated carbocycles. The van der Waals surface area contributed by atoms with Crippen LogP contribution in [0.5, 0.6) is 28.7 Å². The molecule has 0 fully saturated rings. The van der Waals surface area contributed by atoms with Crippen molar-refractivity contribution in [1.29, 1.82) is 0 Å². The summed E-state index contributed by atoms with van der Waals surface area (Å²) >= 11 is 0. The highest BCUT2D eigenvalue weighted by molar-refractivity contribution is 5.82. The number of hydrogen-bond donors (Lipinski definition) is 3. The molecular formula is C28H30N2O8. The maximum absolute atomic E-state index is 13.8. The summed E-state index contributed by atoms with van der Waals surface area (Å²) in [5, 5.41) is 24.8. The minimum atomic E-state index is -1.11. The van der Waals surface area contributed by atoms with Crippen LogP contribution in [0, 0.1) is 11.8 Å². The predicted octanol–water partition coefficient (Wildman–Crippen LogP) is 2.56. The van der Waals surface area contributed by atoms with Crippen molar-refractivity contribution in [2.75, 3.05) is 34.7 Å². The Kier molecular flexibility index (Phi) is 7.26. The smallest absolute Gasteiger partial charge is 0.231 e. The van der Waals surface area contributed by atoms with Crippen molar-refractivity contribution < 1.29 is 38.7 Å². The highest BCUT2D eigenvalue weighted by atomic mass is 16.7. The third kappa shape index (κ3) is 4.46. The lowest BCUT2D eigenvalue weighted by molar-refractivity contribution is -0.131. The van der Waals surface area contributed by atoms with Gasteiger partial charge in [-0.15, -0.1) is 0 Å². The Morgan fingerprint density at radius 3 is 2.32 bits per heavy atom. The van der Waals surface area contributed by atoms with E-state index in [2.05, 4.69) is 10.3 Å². The van der Waals surface area contributed by atoms with Crippen LogP contribution in [-0.2, 0) is 11.3 Å². The van der Waals surface area contributed by atoms with Crippen LogP contribution in [0.1, 0.15) is 34.3 Å². The van der Waals surface area contributed by atoms with Crippen molar-refractivity contribution in [2.45, 2.75) is 18.6 Å². The third-order valence-electron chi connectivity index (χ3n) is 7.21. The number of rotatable bonds is 8. The van der Waals surface area contributed by atoms with E-state index < -0.39 is 30.5 Å². The number of amides is 1. The SMILES string of the molecule is COc1cc([C@@H]2c3cc4c(cc3[C@H](O)[C@@H](CO)[C@@H]2C(=O)NCc2cccnc2)OCO4)cc(OC)c1OC. The normalized spacial score (nSPS) is 21.4. The summed E-state index contributed by atoms with van der Waals surface area (Å²) in [6.45, 7) is -0.115. The van der Waals surface area contributed by atoms with E-state index in [0.717, 1.165) is 5.56 Å². The highest BCUT2D eigenvalue weighted by Gasteiger charge is 2.47. The van der Waals surface area contributed by atoms with Crippen LogP contribution in [0.2, 0.25) is 0 Å². The molecule has 10 heteroatoms. The molecule has 1 aliphatic carbocycles. The number of nitrogens with zero attached hydrogens (tertiary/aromatic N) is 1. The lowest BCUT2D eigenvalue weighted by Crippen LogP contribution is -2.45. The number of ether oxygens (including phenoxy) is 5. The number of hydrogen-bond acceptors (Lipinski definition) is 9. The number of nitrogens with one attached hydrogen (secondary N) is 1. The van der Waals surface area contributed by atoms with Crippen molar-refractivity contribution in [3.8, 4) is 28.7 Å². The minimum absolute atomic E-state index is 0.0572. The molecule has 3 aromatic rings. The van der Waals surface area contributed by atoms with Crippen LogP contribution < -0.4 is 29.0 Å². The van der Waals surface area contributed by atoms with Crippen molar-refractivity contribution in [2.24, 2.45) is 11.8 Å². The van der Waals surface area contributed by atoms with Gasteiger partial charge in [-0.25, -0.2) is 0 Å². The third-order valence-corrected chi connectivity index (χ3v) is 7.21. The van der Waals surface area contributed by atoms with E-state index >= 15 is 0 Å². The van der Waals surface area contributed by atoms with Crippen LogP contribution >= 0.6 is 0 Å². The van der Waals surface area contributed by atoms with Gasteiger partial charge < -0.3 is 39.2 Å². The maximum atomic E-state index is 13.8. The summed E-state index contributed by atoms with van der Waals surface area (Å²) in [6, 6.07) is 10.7. The van der Waals surface area contributed by atoms with Crippen LogP contribution in [0.25, 0.3) is 0 Å². The first-order valence-electron chi connectivity index (χ1n) is 12.2. The number of carbonyl (C=O) groups is 1. The Balaban J connectivity index is 1.66. The zero-order chi connectivity index (χ0) is 26.8. The number of benzene rings is 2. The fourth-order valence-corrected chi connectivity index (χ4v) is 5.40. The van der Waals surface area contributed by atoms with E-state index in [4.69, 9.17) is 23.7 Å². The molecule has 2 heterocycles. The topological polar surface area (TPSA) is 129 Å². The van der Waals surface area contributed by atoms with Crippen molar-refractivity contribution in [3.63, 3.8) is 0 Å². The number of aromatic nitrogens is 1. The van der Waals surface area contributed by atoms with E-state index in [1.165, 1.54) is 21.3 Å². The Bertz CT molecular complexity index is 1290. The zero-order valence-electron chi connectivity index (χ0n) is 21.3. The van der Waals surface area contributed by atoms with E-state index in [-0.39, 0.29) is 19.2 Å². The number of aliphatic hydroxyl groups excluding tert-OH is 2. The van der Waals surface area contributed by atoms with Gasteiger partial charge >= 0.3 is 0 Å². The molecule has 10 nitrogen and oxygen atoms in total. The van der Waals surface area contributed by atoms with E-state index in [1.54, 1.807) is 42.7 Å². The van der Waals surface area contributed by atoms with Crippen molar-refractivity contribution in [3.05, 3.63) is 71.0 Å². The summed E-state index contributed by atoms with van der Waals surface area (Å²) in [7, 11) is 4.56. The number of methoxy groups -OCH3 is 3. The summed E-state index contributed by atoms with van der Waals surface area (Å²) in [5.74, 6) is -0.291. The van der Waals surface area contributed by atoms with Crippen LogP contribution in [-0.4, -0.2) is 55.8 Å². The van der Waals surface area contributed by atoms with Gasteiger partial charge in [0.15, 0.2) is 23.0 Å². The van der Waals surface area contributed by atoms with Gasteiger partial charge in [0, 0.05) is 37.4 Å². The number of pyridine rings is 1. The van der Waals surface area contributed by atoms with Gasteiger partial charge in [-0.2, -0.15) is 0 Å². The second-order valence-corrected chi connectivity index (χ2v) is 9.17. The summed E-state index contributed by atoms with van der Waals surface area (Å²) in [4.78, 5) is 18.0. The van der Waals surface area contributed by atoms with Gasteiger partial charge in [-0.1, -0.05) is 6.07 Å². The molecule has 200 valence electrons. The molecule has 0 unspecified atom stereocenters. The Hall–Kier alpha value is -4.02. The van der Waals surface area contributed by atoms with E-state index in [1.807, 2.05) is 6.07 Å². The lowest BCUT2D eigenvalue weighted by atomic mass is 9.64. The molecule has 0 saturated heterocycles. The van der Waals surface area contributed by atoms with E-state index in [9.17, 15) is 15.0 Å². The van der Waals surface area contributed by atoms with Gasteiger partial charge in [0.2, 0.25) is 18.4 Å². The molecule has 38 heavy (non-hydrogen) atoms. The minimum Gasteiger partial charge on any atom is -0.493 e. The summed E-state index contributed by atoms with van der Waals surface area (Å²) in [6.07, 6.45) is 2.22. The van der Waals surface area contributed by atoms with Crippen LogP contribution in [0.4, 0.5) is 0 Å². The second-order valence-electron chi connectivity index (χ2n) is 9.17. The Labute approximate surface area is 220 Å². The Morgan fingerprint density at radius 2 is 1.74 bits per heavy atom. The quantitative estimate of drug-likeness (QED) is 0.409. The number of carbonyl (C=O) groups excluding carboxylic acids is 1. The zero-order valence-corrected chi connectivity index (χ0v) is 21.3. The first kappa shape index (κ1) is 25.6. The molecular weight excluding hydrogens is 492 g/mol. The average Bonchev–Trinajstić information content (AvgIpc) is 3.42. The summed E-state index contributed by atoms with van der Waals surface area (Å²) in [5.41, 5.74) is 2.75. The fourth-order valence-electron chi connectivity index (χ4n) is 5.40. The van der Waals surface area contributed by atoms with Crippen molar-refractivity contribution in [1.82, 2.24) is 10.3 Å². The monoisotopic (exact) mass is 522 g/mol. The molecule has 1 aromatic heterocycles. The highest BCUT2D eigenvalue weighted by Crippen LogP contribution is 2.53. The molecule has 3 N–H and O–H groups in total. The largest absolute Gasteiger partial charge is 0.493 e. The number of fused-ring (bicyclic) bond motifs is 2. The average molecular weight is 523 g/mol. The van der Waals surface area contributed by atoms with Gasteiger partial charge in [0.25, 0.3) is 0 Å². The molecule has 2 aliphatic rings. The molecule has 1 amide bonds. The molecule has 0 spiro atoms. The molecule has 2 aromatic carbocycles. The fraction of sp³-hybridized carbons (Fsp3) is 0.357. The van der Waals surface area contributed by atoms with E-state index in [0.29, 0.717) is 45.4 Å². The maximum Gasteiger partial charge on any atom is 0.231 e. The number of aliphatic hydroxyl groups is 2. The molecule has 0 radical (unpaired) electrons. The Morgan fingerprint density at radius 1 is 1.05 bits per heavy atom. The molecule has 1 aliphatic heterocycles. The molecule has 0 bridgehead atoms. The molecule has 4 atom stereocenters. The molecule has 5 rings (SSSR count). The van der Waals surface area contributed by atoms with Crippen LogP contribution in [0.3, 0.4) is 0 Å². The van der Waals surface area contributed by atoms with Gasteiger partial charge in [-0.05, 0) is 52.6 Å². The van der Waals surface area contributed by atoms with Gasteiger partial charge in [0.1, 0.15) is 0 Å². The van der Waals surface area contributed by atoms with Crippen LogP contribution in [0.15, 0.2) is 48.8 Å². The lowest BCUT2D eigenvalue weighted by Gasteiger charge is -2.41. The first-order chi connectivity index (χ1) is 18.5.